The van der Waals surface area contributed by atoms with E-state index in [9.17, 15) is 8.78 Å². The molecule has 0 aliphatic carbocycles. The summed E-state index contributed by atoms with van der Waals surface area (Å²) in [6.45, 7) is 4.14. The van der Waals surface area contributed by atoms with Crippen molar-refractivity contribution in [1.82, 2.24) is 14.5 Å². The highest BCUT2D eigenvalue weighted by Crippen LogP contribution is 2.34. The van der Waals surface area contributed by atoms with E-state index in [1.165, 1.54) is 12.1 Å². The molecule has 0 N–H and O–H groups in total. The van der Waals surface area contributed by atoms with E-state index < -0.39 is 0 Å². The van der Waals surface area contributed by atoms with E-state index in [1.807, 2.05) is 36.9 Å². The van der Waals surface area contributed by atoms with Gasteiger partial charge in [0.15, 0.2) is 0 Å². The Hall–Kier alpha value is -2.27. The lowest BCUT2D eigenvalue weighted by molar-refractivity contribution is 0.309. The first-order valence-corrected chi connectivity index (χ1v) is 8.62. The summed E-state index contributed by atoms with van der Waals surface area (Å²) in [5, 5.41) is 0.448. The second-order valence-corrected chi connectivity index (χ2v) is 6.88. The Labute approximate surface area is 145 Å². The van der Waals surface area contributed by atoms with Gasteiger partial charge in [0.05, 0.1) is 5.52 Å². The van der Waals surface area contributed by atoms with E-state index in [1.54, 1.807) is 0 Å². The third-order valence-corrected chi connectivity index (χ3v) is 5.08. The van der Waals surface area contributed by atoms with Crippen LogP contribution in [0.25, 0.3) is 10.9 Å². The predicted molar refractivity (Wildman–Crippen MR) is 94.6 cm³/mol. The summed E-state index contributed by atoms with van der Waals surface area (Å²) in [5.41, 5.74) is 4.48. The lowest BCUT2D eigenvalue weighted by Crippen LogP contribution is -2.27. The van der Waals surface area contributed by atoms with Crippen molar-refractivity contribution in [1.29, 1.82) is 0 Å². The number of hydrogen-bond acceptors (Lipinski definition) is 2. The first kappa shape index (κ1) is 16.2. The van der Waals surface area contributed by atoms with Crippen LogP contribution in [0.15, 0.2) is 30.5 Å². The molecule has 0 atom stereocenters. The van der Waals surface area contributed by atoms with Gasteiger partial charge in [-0.3, -0.25) is 4.98 Å². The van der Waals surface area contributed by atoms with Crippen molar-refractivity contribution in [3.63, 3.8) is 0 Å². The van der Waals surface area contributed by atoms with E-state index >= 15 is 0 Å². The highest BCUT2D eigenvalue weighted by Gasteiger charge is 2.26. The molecule has 5 heteroatoms. The highest BCUT2D eigenvalue weighted by molar-refractivity contribution is 5.87. The Morgan fingerprint density at radius 3 is 2.68 bits per heavy atom. The van der Waals surface area contributed by atoms with E-state index in [-0.39, 0.29) is 11.6 Å². The summed E-state index contributed by atoms with van der Waals surface area (Å²) < 4.78 is 31.1. The van der Waals surface area contributed by atoms with Gasteiger partial charge in [0, 0.05) is 49.0 Å². The third-order valence-electron chi connectivity index (χ3n) is 5.08. The Morgan fingerprint density at radius 2 is 1.92 bits per heavy atom. The SMILES string of the molecule is Cc1ccc(CCn2c3c(c4c(F)ccc(F)c42)CN(C)CC3)cn1. The number of aromatic nitrogens is 2. The zero-order chi connectivity index (χ0) is 17.6. The van der Waals surface area contributed by atoms with Gasteiger partial charge in [-0.2, -0.15) is 0 Å². The number of nitrogens with zero attached hydrogens (tertiary/aromatic N) is 3. The average Bonchev–Trinajstić information content (AvgIpc) is 2.92. The van der Waals surface area contributed by atoms with E-state index in [4.69, 9.17) is 0 Å². The van der Waals surface area contributed by atoms with Gasteiger partial charge < -0.3 is 9.47 Å². The molecular weight excluding hydrogens is 320 g/mol. The monoisotopic (exact) mass is 341 g/mol. The summed E-state index contributed by atoms with van der Waals surface area (Å²) >= 11 is 0. The van der Waals surface area contributed by atoms with Gasteiger partial charge in [-0.1, -0.05) is 6.07 Å². The zero-order valence-corrected chi connectivity index (χ0v) is 14.5. The molecule has 1 aliphatic rings. The fourth-order valence-electron chi connectivity index (χ4n) is 3.77. The van der Waals surface area contributed by atoms with Crippen molar-refractivity contribution in [3.05, 3.63) is 64.6 Å². The van der Waals surface area contributed by atoms with Crippen LogP contribution in [0, 0.1) is 18.6 Å². The lowest BCUT2D eigenvalue weighted by Gasteiger charge is -2.24. The number of fused-ring (bicyclic) bond motifs is 3. The first-order chi connectivity index (χ1) is 12.0. The van der Waals surface area contributed by atoms with Crippen LogP contribution < -0.4 is 0 Å². The second kappa shape index (κ2) is 6.23. The van der Waals surface area contributed by atoms with Crippen LogP contribution in [0.1, 0.15) is 22.5 Å². The maximum absolute atomic E-state index is 14.6. The zero-order valence-electron chi connectivity index (χ0n) is 14.5. The normalized spacial score (nSPS) is 14.9. The summed E-state index contributed by atoms with van der Waals surface area (Å²) in [4.78, 5) is 6.47. The molecule has 0 saturated carbocycles. The van der Waals surface area contributed by atoms with Gasteiger partial charge in [-0.05, 0) is 49.7 Å². The molecule has 0 amide bonds. The molecule has 2 aromatic heterocycles. The quantitative estimate of drug-likeness (QED) is 0.721. The molecule has 3 nitrogen and oxygen atoms in total. The van der Waals surface area contributed by atoms with Gasteiger partial charge in [0.2, 0.25) is 0 Å². The van der Waals surface area contributed by atoms with Crippen LogP contribution in [0.5, 0.6) is 0 Å². The minimum absolute atomic E-state index is 0.335. The van der Waals surface area contributed by atoms with Gasteiger partial charge in [0.1, 0.15) is 11.6 Å². The average molecular weight is 341 g/mol. The highest BCUT2D eigenvalue weighted by atomic mass is 19.1. The standard InChI is InChI=1S/C20H21F2N3/c1-13-3-4-14(11-23-13)7-10-25-18-8-9-24(2)12-15(18)19-16(21)5-6-17(22)20(19)25/h3-6,11H,7-10,12H2,1-2H3. The van der Waals surface area contributed by atoms with Crippen LogP contribution in [0.4, 0.5) is 8.78 Å². The van der Waals surface area contributed by atoms with Crippen LogP contribution in [-0.2, 0) is 25.9 Å². The maximum Gasteiger partial charge on any atom is 0.147 e. The molecule has 4 rings (SSSR count). The Balaban J connectivity index is 1.80. The minimum atomic E-state index is -0.351. The molecule has 0 spiro atoms. The summed E-state index contributed by atoms with van der Waals surface area (Å²) in [5.74, 6) is -0.686. The molecule has 0 unspecified atom stereocenters. The van der Waals surface area contributed by atoms with Gasteiger partial charge >= 0.3 is 0 Å². The van der Waals surface area contributed by atoms with Crippen LogP contribution in [0.2, 0.25) is 0 Å². The second-order valence-electron chi connectivity index (χ2n) is 6.88. The molecule has 0 fully saturated rings. The molecule has 0 saturated heterocycles. The fraction of sp³-hybridized carbons (Fsp3) is 0.350. The van der Waals surface area contributed by atoms with Crippen molar-refractivity contribution in [3.8, 4) is 0 Å². The summed E-state index contributed by atoms with van der Waals surface area (Å²) in [7, 11) is 2.02. The van der Waals surface area contributed by atoms with Crippen molar-refractivity contribution >= 4 is 10.9 Å². The van der Waals surface area contributed by atoms with Gasteiger partial charge in [-0.25, -0.2) is 8.78 Å². The van der Waals surface area contributed by atoms with Gasteiger partial charge in [-0.15, -0.1) is 0 Å². The van der Waals surface area contributed by atoms with Crippen molar-refractivity contribution in [2.24, 2.45) is 0 Å². The number of pyridine rings is 1. The maximum atomic E-state index is 14.6. The predicted octanol–water partition coefficient (Wildman–Crippen LogP) is 3.85. The Morgan fingerprint density at radius 1 is 1.12 bits per heavy atom. The molecule has 3 heterocycles. The summed E-state index contributed by atoms with van der Waals surface area (Å²) in [6.07, 6.45) is 3.42. The number of benzene rings is 1. The number of halogens is 2. The van der Waals surface area contributed by atoms with Crippen LogP contribution in [-0.4, -0.2) is 28.0 Å². The van der Waals surface area contributed by atoms with Crippen LogP contribution in [0.3, 0.4) is 0 Å². The molecule has 0 radical (unpaired) electrons. The van der Waals surface area contributed by atoms with Crippen LogP contribution >= 0.6 is 0 Å². The molecule has 1 aromatic carbocycles. The first-order valence-electron chi connectivity index (χ1n) is 8.62. The number of rotatable bonds is 3. The third kappa shape index (κ3) is 2.82. The van der Waals surface area contributed by atoms with E-state index in [2.05, 4.69) is 9.88 Å². The topological polar surface area (TPSA) is 21.1 Å². The van der Waals surface area contributed by atoms with Crippen molar-refractivity contribution < 1.29 is 8.78 Å². The molecular formula is C20H21F2N3. The van der Waals surface area contributed by atoms with Crippen molar-refractivity contribution in [2.45, 2.75) is 32.9 Å². The minimum Gasteiger partial charge on any atom is -0.341 e. The lowest BCUT2D eigenvalue weighted by atomic mass is 10.0. The van der Waals surface area contributed by atoms with Crippen molar-refractivity contribution in [2.75, 3.05) is 13.6 Å². The molecule has 25 heavy (non-hydrogen) atoms. The number of likely N-dealkylation sites (N-methyl/N-ethyl adjacent to an activating group) is 1. The van der Waals surface area contributed by atoms with E-state index in [0.29, 0.717) is 24.0 Å². The fourth-order valence-corrected chi connectivity index (χ4v) is 3.77. The smallest absolute Gasteiger partial charge is 0.147 e. The number of aryl methyl sites for hydroxylation is 3. The Bertz CT molecular complexity index is 929. The summed E-state index contributed by atoms with van der Waals surface area (Å²) in [6, 6.07) is 6.50. The van der Waals surface area contributed by atoms with Gasteiger partial charge in [0.25, 0.3) is 0 Å². The molecule has 3 aromatic rings. The van der Waals surface area contributed by atoms with E-state index in [0.717, 1.165) is 41.9 Å². The molecule has 130 valence electrons. The molecule has 1 aliphatic heterocycles. The molecule has 0 bridgehead atoms. The largest absolute Gasteiger partial charge is 0.341 e. The Kier molecular flexibility index (Phi) is 4.04. The number of hydrogen-bond donors (Lipinski definition) is 0.